The first-order valence-corrected chi connectivity index (χ1v) is 11.5. The number of aliphatic carboxylic acids is 2. The fourth-order valence-electron chi connectivity index (χ4n) is 2.49. The number of carbonyl (C=O) groups excluding carboxylic acids is 3. The molecule has 0 fully saturated rings. The number of hydrogen-bond acceptors (Lipinski definition) is 8. The summed E-state index contributed by atoms with van der Waals surface area (Å²) in [6.07, 6.45) is 1.80. The molecule has 0 aromatic carbocycles. The number of thioether (sulfide) groups is 1. The number of nitrogens with two attached hydrogens (primary N) is 3. The number of nitrogens with zero attached hydrogens (tertiary/aromatic N) is 1. The molecule has 0 spiro atoms. The minimum Gasteiger partial charge on any atom is -0.481 e. The molecule has 33 heavy (non-hydrogen) atoms. The van der Waals surface area contributed by atoms with Gasteiger partial charge in [0.1, 0.15) is 12.1 Å². The van der Waals surface area contributed by atoms with Crippen LogP contribution in [0.5, 0.6) is 0 Å². The quantitative estimate of drug-likeness (QED) is 0.0584. The fourth-order valence-corrected chi connectivity index (χ4v) is 2.98. The van der Waals surface area contributed by atoms with Crippen LogP contribution in [-0.4, -0.2) is 89.1 Å². The smallest absolute Gasteiger partial charge is 0.326 e. The fraction of sp³-hybridized carbons (Fsp3) is 0.667. The van der Waals surface area contributed by atoms with Gasteiger partial charge in [-0.3, -0.25) is 24.2 Å². The largest absolute Gasteiger partial charge is 0.481 e. The van der Waals surface area contributed by atoms with Crippen molar-refractivity contribution in [2.75, 3.05) is 25.1 Å². The second-order valence-electron chi connectivity index (χ2n) is 7.01. The Bertz CT molecular complexity index is 716. The van der Waals surface area contributed by atoms with E-state index in [9.17, 15) is 29.1 Å². The van der Waals surface area contributed by atoms with E-state index >= 15 is 0 Å². The van der Waals surface area contributed by atoms with E-state index in [0.717, 1.165) is 0 Å². The first-order chi connectivity index (χ1) is 15.5. The number of aliphatic imine (C=N–C) groups is 1. The van der Waals surface area contributed by atoms with Crippen LogP contribution in [0.2, 0.25) is 0 Å². The summed E-state index contributed by atoms with van der Waals surface area (Å²) in [5.74, 6) is -4.19. The molecule has 3 unspecified atom stereocenters. The van der Waals surface area contributed by atoms with E-state index in [1.165, 1.54) is 11.8 Å². The zero-order chi connectivity index (χ0) is 25.4. The van der Waals surface area contributed by atoms with Gasteiger partial charge in [-0.15, -0.1) is 0 Å². The van der Waals surface area contributed by atoms with Crippen molar-refractivity contribution in [2.45, 2.75) is 50.2 Å². The molecule has 0 aromatic heterocycles. The van der Waals surface area contributed by atoms with Gasteiger partial charge in [-0.2, -0.15) is 11.8 Å². The summed E-state index contributed by atoms with van der Waals surface area (Å²) >= 11 is 1.51. The summed E-state index contributed by atoms with van der Waals surface area (Å²) < 4.78 is 0. The number of nitrogens with one attached hydrogen (secondary N) is 3. The second kappa shape index (κ2) is 16.5. The van der Waals surface area contributed by atoms with Gasteiger partial charge in [0, 0.05) is 13.0 Å². The molecule has 188 valence electrons. The monoisotopic (exact) mass is 491 g/mol. The van der Waals surface area contributed by atoms with Gasteiger partial charge >= 0.3 is 11.9 Å². The lowest BCUT2D eigenvalue weighted by atomic mass is 10.1. The lowest BCUT2D eigenvalue weighted by Crippen LogP contribution is -2.53. The molecule has 0 aliphatic carbocycles. The summed E-state index contributed by atoms with van der Waals surface area (Å²) in [5, 5.41) is 25.2. The average molecular weight is 492 g/mol. The predicted octanol–water partition coefficient (Wildman–Crippen LogP) is -2.84. The Hall–Kier alpha value is -3.07. The maximum Gasteiger partial charge on any atom is 0.326 e. The molecular formula is C18H33N7O7S. The molecule has 0 aromatic rings. The first kappa shape index (κ1) is 29.9. The lowest BCUT2D eigenvalue weighted by Gasteiger charge is -2.21. The van der Waals surface area contributed by atoms with Crippen LogP contribution in [-0.2, 0) is 24.0 Å². The van der Waals surface area contributed by atoms with Crippen LogP contribution in [0.15, 0.2) is 4.99 Å². The minimum atomic E-state index is -1.32. The second-order valence-corrected chi connectivity index (χ2v) is 7.99. The summed E-state index contributed by atoms with van der Waals surface area (Å²) in [6, 6.07) is -3.42. The molecule has 0 bridgehead atoms. The van der Waals surface area contributed by atoms with E-state index in [0.29, 0.717) is 12.2 Å². The maximum absolute atomic E-state index is 12.6. The zero-order valence-corrected chi connectivity index (χ0v) is 19.2. The Morgan fingerprint density at radius 1 is 0.970 bits per heavy atom. The van der Waals surface area contributed by atoms with E-state index in [4.69, 9.17) is 22.3 Å². The van der Waals surface area contributed by atoms with Crippen molar-refractivity contribution in [1.82, 2.24) is 16.0 Å². The Labute approximate surface area is 195 Å². The van der Waals surface area contributed by atoms with Crippen molar-refractivity contribution < 1.29 is 34.2 Å². The molecule has 0 aliphatic heterocycles. The van der Waals surface area contributed by atoms with E-state index in [2.05, 4.69) is 20.9 Å². The standard InChI is InChI=1S/C18H33N7O7S/c1-33-8-6-10(19)15(29)23-9-13(26)24-11(4-5-14(27)28)16(30)25-12(17(31)32)3-2-7-22-18(20)21/h10-12H,2-9,19H2,1H3,(H,23,29)(H,24,26)(H,25,30)(H,27,28)(H,31,32)(H4,20,21,22). The third-order valence-electron chi connectivity index (χ3n) is 4.25. The number of rotatable bonds is 17. The van der Waals surface area contributed by atoms with Crippen molar-refractivity contribution in [2.24, 2.45) is 22.2 Å². The molecule has 0 saturated carbocycles. The van der Waals surface area contributed by atoms with Crippen LogP contribution in [0, 0.1) is 0 Å². The Morgan fingerprint density at radius 2 is 1.64 bits per heavy atom. The van der Waals surface area contributed by atoms with Gasteiger partial charge in [-0.1, -0.05) is 0 Å². The molecule has 3 atom stereocenters. The van der Waals surface area contributed by atoms with Gasteiger partial charge in [0.15, 0.2) is 5.96 Å². The highest BCUT2D eigenvalue weighted by molar-refractivity contribution is 7.98. The van der Waals surface area contributed by atoms with Crippen molar-refractivity contribution in [3.63, 3.8) is 0 Å². The minimum absolute atomic E-state index is 0.00143. The summed E-state index contributed by atoms with van der Waals surface area (Å²) in [6.45, 7) is -0.330. The summed E-state index contributed by atoms with van der Waals surface area (Å²) in [7, 11) is 0. The molecule has 15 heteroatoms. The van der Waals surface area contributed by atoms with Crippen molar-refractivity contribution in [3.05, 3.63) is 0 Å². The molecule has 3 amide bonds. The molecule has 0 radical (unpaired) electrons. The first-order valence-electron chi connectivity index (χ1n) is 10.1. The van der Waals surface area contributed by atoms with Gasteiger partial charge in [-0.25, -0.2) is 4.79 Å². The number of carbonyl (C=O) groups is 5. The van der Waals surface area contributed by atoms with E-state index in [-0.39, 0.29) is 31.8 Å². The highest BCUT2D eigenvalue weighted by Gasteiger charge is 2.27. The number of amides is 3. The van der Waals surface area contributed by atoms with Crippen LogP contribution >= 0.6 is 11.8 Å². The molecule has 0 saturated heterocycles. The molecule has 11 N–H and O–H groups in total. The van der Waals surface area contributed by atoms with Gasteiger partial charge in [0.2, 0.25) is 17.7 Å². The van der Waals surface area contributed by atoms with Crippen LogP contribution in [0.1, 0.15) is 32.1 Å². The highest BCUT2D eigenvalue weighted by Crippen LogP contribution is 2.03. The Morgan fingerprint density at radius 3 is 2.18 bits per heavy atom. The number of carboxylic acids is 2. The van der Waals surface area contributed by atoms with Gasteiger partial charge < -0.3 is 43.4 Å². The Balaban J connectivity index is 4.95. The van der Waals surface area contributed by atoms with Gasteiger partial charge in [0.25, 0.3) is 0 Å². The highest BCUT2D eigenvalue weighted by atomic mass is 32.2. The van der Waals surface area contributed by atoms with Crippen LogP contribution in [0.4, 0.5) is 0 Å². The summed E-state index contributed by atoms with van der Waals surface area (Å²) in [5.41, 5.74) is 16.1. The third-order valence-corrected chi connectivity index (χ3v) is 4.90. The predicted molar refractivity (Wildman–Crippen MR) is 122 cm³/mol. The molecule has 0 rings (SSSR count). The molecular weight excluding hydrogens is 458 g/mol. The maximum atomic E-state index is 12.6. The van der Waals surface area contributed by atoms with E-state index < -0.39 is 60.8 Å². The zero-order valence-electron chi connectivity index (χ0n) is 18.4. The summed E-state index contributed by atoms with van der Waals surface area (Å²) in [4.78, 5) is 62.7. The van der Waals surface area contributed by atoms with Crippen molar-refractivity contribution in [3.8, 4) is 0 Å². The SMILES string of the molecule is CSCCC(N)C(=O)NCC(=O)NC(CCC(=O)O)C(=O)NC(CCCN=C(N)N)C(=O)O. The van der Waals surface area contributed by atoms with Gasteiger partial charge in [-0.05, 0) is 37.7 Å². The van der Waals surface area contributed by atoms with Crippen LogP contribution in [0.3, 0.4) is 0 Å². The molecule has 0 heterocycles. The number of carboxylic acid groups (broad SMARTS) is 2. The average Bonchev–Trinajstić information content (AvgIpc) is 2.74. The van der Waals surface area contributed by atoms with Gasteiger partial charge in [0.05, 0.1) is 12.6 Å². The number of guanidine groups is 1. The Kier molecular flexibility index (Phi) is 15.0. The topological polar surface area (TPSA) is 252 Å². The van der Waals surface area contributed by atoms with Crippen molar-refractivity contribution >= 4 is 47.4 Å². The molecule has 0 aliphatic rings. The lowest BCUT2D eigenvalue weighted by molar-refractivity contribution is -0.143. The van der Waals surface area contributed by atoms with Crippen LogP contribution in [0.25, 0.3) is 0 Å². The third kappa shape index (κ3) is 14.6. The van der Waals surface area contributed by atoms with Crippen LogP contribution < -0.4 is 33.2 Å². The van der Waals surface area contributed by atoms with E-state index in [1.807, 2.05) is 6.26 Å². The van der Waals surface area contributed by atoms with Crippen molar-refractivity contribution in [1.29, 1.82) is 0 Å². The normalized spacial score (nSPS) is 13.2. The van der Waals surface area contributed by atoms with E-state index in [1.54, 1.807) is 0 Å². The number of hydrogen-bond donors (Lipinski definition) is 8. The molecule has 14 nitrogen and oxygen atoms in total.